The Morgan fingerprint density at radius 3 is 2.58 bits per heavy atom. The fraction of sp³-hybridized carbons (Fsp3) is 0.567. The number of likely N-dealkylation sites (tertiary alicyclic amines) is 1. The van der Waals surface area contributed by atoms with Gasteiger partial charge in [-0.05, 0) is 87.8 Å². The molecule has 1 aliphatic heterocycles. The van der Waals surface area contributed by atoms with Crippen LogP contribution in [0.25, 0.3) is 11.0 Å². The van der Waals surface area contributed by atoms with E-state index in [1.165, 1.54) is 17.7 Å². The molecule has 1 atom stereocenters. The van der Waals surface area contributed by atoms with Gasteiger partial charge in [0.25, 0.3) is 5.91 Å². The van der Waals surface area contributed by atoms with Crippen LogP contribution in [0.3, 0.4) is 0 Å². The van der Waals surface area contributed by atoms with Crippen LogP contribution >= 0.6 is 11.3 Å². The lowest BCUT2D eigenvalue weighted by molar-refractivity contribution is -0.123. The lowest BCUT2D eigenvalue weighted by atomic mass is 10.1. The Labute approximate surface area is 231 Å². The maximum absolute atomic E-state index is 13.2. The third-order valence-corrected chi connectivity index (χ3v) is 8.47. The van der Waals surface area contributed by atoms with E-state index in [1.807, 2.05) is 25.1 Å². The van der Waals surface area contributed by atoms with Gasteiger partial charge in [-0.3, -0.25) is 9.59 Å². The van der Waals surface area contributed by atoms with Crippen LogP contribution in [-0.4, -0.2) is 58.5 Å². The van der Waals surface area contributed by atoms with Gasteiger partial charge in [0.1, 0.15) is 11.9 Å². The van der Waals surface area contributed by atoms with Crippen LogP contribution in [0.4, 0.5) is 0 Å². The van der Waals surface area contributed by atoms with E-state index in [2.05, 4.69) is 51.5 Å². The second-order valence-electron chi connectivity index (χ2n) is 10.3. The van der Waals surface area contributed by atoms with Crippen molar-refractivity contribution in [1.29, 1.82) is 0 Å². The number of imidazole rings is 1. The van der Waals surface area contributed by atoms with Crippen LogP contribution in [0.15, 0.2) is 35.7 Å². The number of rotatable bonds is 14. The van der Waals surface area contributed by atoms with Crippen LogP contribution in [0.2, 0.25) is 0 Å². The van der Waals surface area contributed by atoms with E-state index in [1.54, 1.807) is 11.3 Å². The number of aromatic nitrogens is 2. The molecule has 0 unspecified atom stereocenters. The van der Waals surface area contributed by atoms with Crippen LogP contribution in [0, 0.1) is 0 Å². The molecular formula is C30H43N5O2S. The largest absolute Gasteiger partial charge is 0.354 e. The first-order valence-electron chi connectivity index (χ1n) is 14.4. The highest BCUT2D eigenvalue weighted by Gasteiger charge is 2.23. The molecule has 1 saturated heterocycles. The number of hydrogen-bond acceptors (Lipinski definition) is 5. The number of nitrogens with zero attached hydrogens (tertiary/aromatic N) is 3. The molecule has 0 spiro atoms. The molecule has 2 amide bonds. The lowest BCUT2D eigenvalue weighted by Crippen LogP contribution is -2.47. The molecular weight excluding hydrogens is 494 g/mol. The van der Waals surface area contributed by atoms with Crippen molar-refractivity contribution in [1.82, 2.24) is 25.1 Å². The molecule has 3 aromatic rings. The van der Waals surface area contributed by atoms with E-state index in [0.717, 1.165) is 68.6 Å². The molecule has 0 bridgehead atoms. The number of benzene rings is 1. The van der Waals surface area contributed by atoms with Crippen molar-refractivity contribution in [3.63, 3.8) is 0 Å². The quantitative estimate of drug-likeness (QED) is 0.264. The molecule has 1 fully saturated rings. The normalized spacial score (nSPS) is 14.8. The van der Waals surface area contributed by atoms with E-state index in [4.69, 9.17) is 4.98 Å². The highest BCUT2D eigenvalue weighted by Crippen LogP contribution is 2.28. The van der Waals surface area contributed by atoms with Gasteiger partial charge in [0.05, 0.1) is 11.0 Å². The van der Waals surface area contributed by atoms with Crippen molar-refractivity contribution in [2.24, 2.45) is 0 Å². The SMILES string of the molecule is CCC[C@H](NC(=O)c1ccc2c(c1)nc(Cc1cccs1)n2C(CC)CC)C(=O)NCCCN1CCCC1. The smallest absolute Gasteiger partial charge is 0.252 e. The van der Waals surface area contributed by atoms with Gasteiger partial charge in [0.15, 0.2) is 0 Å². The van der Waals surface area contributed by atoms with Crippen LogP contribution in [0.1, 0.15) is 92.8 Å². The number of nitrogens with one attached hydrogen (secondary N) is 2. The van der Waals surface area contributed by atoms with Crippen molar-refractivity contribution >= 4 is 34.2 Å². The summed E-state index contributed by atoms with van der Waals surface area (Å²) in [6, 6.07) is 9.79. The minimum atomic E-state index is -0.536. The molecule has 2 aromatic heterocycles. The summed E-state index contributed by atoms with van der Waals surface area (Å²) in [7, 11) is 0. The maximum atomic E-state index is 13.2. The summed E-state index contributed by atoms with van der Waals surface area (Å²) >= 11 is 1.74. The van der Waals surface area contributed by atoms with Gasteiger partial charge < -0.3 is 20.1 Å². The van der Waals surface area contributed by atoms with E-state index in [0.29, 0.717) is 24.6 Å². The number of hydrogen-bond donors (Lipinski definition) is 2. The summed E-state index contributed by atoms with van der Waals surface area (Å²) in [4.78, 5) is 34.9. The molecule has 1 aromatic carbocycles. The highest BCUT2D eigenvalue weighted by atomic mass is 32.1. The van der Waals surface area contributed by atoms with E-state index < -0.39 is 6.04 Å². The predicted molar refractivity (Wildman–Crippen MR) is 156 cm³/mol. The maximum Gasteiger partial charge on any atom is 0.252 e. The molecule has 206 valence electrons. The Hall–Kier alpha value is -2.71. The number of thiophene rings is 1. The summed E-state index contributed by atoms with van der Waals surface area (Å²) in [6.45, 7) is 10.4. The first kappa shape index (κ1) is 28.3. The zero-order chi connectivity index (χ0) is 26.9. The Balaban J connectivity index is 1.45. The first-order chi connectivity index (χ1) is 18.5. The lowest BCUT2D eigenvalue weighted by Gasteiger charge is -2.19. The number of amides is 2. The van der Waals surface area contributed by atoms with Gasteiger partial charge in [-0.25, -0.2) is 4.98 Å². The third-order valence-electron chi connectivity index (χ3n) is 7.59. The average molecular weight is 538 g/mol. The number of carbonyl (C=O) groups excluding carboxylic acids is 2. The molecule has 8 heteroatoms. The van der Waals surface area contributed by atoms with Gasteiger partial charge >= 0.3 is 0 Å². The monoisotopic (exact) mass is 537 g/mol. The second kappa shape index (κ2) is 13.9. The standard InChI is InChI=1S/C30H43N5O2S/c1-4-11-25(30(37)31-15-10-18-34-16-7-8-17-34)33-29(36)22-13-14-27-26(20-22)32-28(21-24-12-9-19-38-24)35(27)23(5-2)6-3/h9,12-14,19-20,23,25H,4-8,10-11,15-18,21H2,1-3H3,(H,31,37)(H,33,36)/t25-/m0/s1. The number of carbonyl (C=O) groups is 2. The third kappa shape index (κ3) is 7.03. The van der Waals surface area contributed by atoms with Crippen molar-refractivity contribution in [2.75, 3.05) is 26.2 Å². The molecule has 7 nitrogen and oxygen atoms in total. The molecule has 3 heterocycles. The molecule has 4 rings (SSSR count). The zero-order valence-electron chi connectivity index (χ0n) is 23.2. The Bertz CT molecular complexity index is 1180. The summed E-state index contributed by atoms with van der Waals surface area (Å²) in [5, 5.41) is 8.12. The van der Waals surface area contributed by atoms with Crippen LogP contribution in [0.5, 0.6) is 0 Å². The van der Waals surface area contributed by atoms with Crippen LogP contribution < -0.4 is 10.6 Å². The summed E-state index contributed by atoms with van der Waals surface area (Å²) < 4.78 is 2.35. The van der Waals surface area contributed by atoms with E-state index in [-0.39, 0.29) is 11.8 Å². The second-order valence-corrected chi connectivity index (χ2v) is 11.4. The van der Waals surface area contributed by atoms with Crippen molar-refractivity contribution < 1.29 is 9.59 Å². The Morgan fingerprint density at radius 1 is 1.11 bits per heavy atom. The molecule has 38 heavy (non-hydrogen) atoms. The zero-order valence-corrected chi connectivity index (χ0v) is 24.0. The summed E-state index contributed by atoms with van der Waals surface area (Å²) in [5.41, 5.74) is 2.43. The summed E-state index contributed by atoms with van der Waals surface area (Å²) in [5.74, 6) is 0.708. The average Bonchev–Trinajstić information content (AvgIpc) is 3.69. The van der Waals surface area contributed by atoms with Gasteiger partial charge in [-0.15, -0.1) is 11.3 Å². The topological polar surface area (TPSA) is 79.3 Å². The van der Waals surface area contributed by atoms with Crippen molar-refractivity contribution in [2.45, 2.75) is 84.2 Å². The fourth-order valence-corrected chi connectivity index (χ4v) is 6.19. The molecule has 1 aliphatic rings. The van der Waals surface area contributed by atoms with Crippen molar-refractivity contribution in [3.05, 3.63) is 52.0 Å². The molecule has 0 aliphatic carbocycles. The van der Waals surface area contributed by atoms with Crippen molar-refractivity contribution in [3.8, 4) is 0 Å². The van der Waals surface area contributed by atoms with Gasteiger partial charge in [-0.2, -0.15) is 0 Å². The molecule has 2 N–H and O–H groups in total. The van der Waals surface area contributed by atoms with Gasteiger partial charge in [0, 0.05) is 29.4 Å². The fourth-order valence-electron chi connectivity index (χ4n) is 5.49. The predicted octanol–water partition coefficient (Wildman–Crippen LogP) is 5.55. The minimum Gasteiger partial charge on any atom is -0.354 e. The van der Waals surface area contributed by atoms with E-state index >= 15 is 0 Å². The van der Waals surface area contributed by atoms with Crippen LogP contribution in [-0.2, 0) is 11.2 Å². The minimum absolute atomic E-state index is 0.0982. The Morgan fingerprint density at radius 2 is 1.89 bits per heavy atom. The number of fused-ring (bicyclic) bond motifs is 1. The Kier molecular flexibility index (Phi) is 10.4. The molecule has 0 saturated carbocycles. The first-order valence-corrected chi connectivity index (χ1v) is 15.3. The van der Waals surface area contributed by atoms with E-state index in [9.17, 15) is 9.59 Å². The summed E-state index contributed by atoms with van der Waals surface area (Å²) in [6.07, 6.45) is 7.73. The van der Waals surface area contributed by atoms with Gasteiger partial charge in [-0.1, -0.05) is 33.3 Å². The molecule has 0 radical (unpaired) electrons. The highest BCUT2D eigenvalue weighted by molar-refractivity contribution is 7.09. The van der Waals surface area contributed by atoms with Gasteiger partial charge in [0.2, 0.25) is 5.91 Å².